The van der Waals surface area contributed by atoms with E-state index in [0.717, 1.165) is 11.2 Å². The van der Waals surface area contributed by atoms with Crippen LogP contribution >= 0.6 is 23.2 Å². The van der Waals surface area contributed by atoms with Gasteiger partial charge >= 0.3 is 16.2 Å². The second kappa shape index (κ2) is 9.26. The number of carbonyl (C=O) groups excluding carboxylic acids is 2. The third-order valence-corrected chi connectivity index (χ3v) is 7.78. The lowest BCUT2D eigenvalue weighted by molar-refractivity contribution is -0.138. The van der Waals surface area contributed by atoms with Crippen molar-refractivity contribution in [1.29, 1.82) is 0 Å². The standard InChI is InChI=1S/C19H22Cl2N4O6S/c1-10(26)23-32(30,31)25-6-5-14(11(9-25)7-17(27)28)22-19(29)16-8-12-15(24(16)2)4-3-13(20)18(12)21/h3-4,8,11,14H,5-7,9H2,1-2H3,(H,22,29)(H,23,26)(H,27,28). The number of piperidine rings is 1. The quantitative estimate of drug-likeness (QED) is 0.547. The Morgan fingerprint density at radius 2 is 1.94 bits per heavy atom. The third kappa shape index (κ3) is 5.01. The number of aromatic nitrogens is 1. The van der Waals surface area contributed by atoms with Crippen LogP contribution in [0.15, 0.2) is 18.2 Å². The summed E-state index contributed by atoms with van der Waals surface area (Å²) < 4.78 is 29.2. The molecule has 1 saturated heterocycles. The summed E-state index contributed by atoms with van der Waals surface area (Å²) in [4.78, 5) is 35.6. The van der Waals surface area contributed by atoms with Gasteiger partial charge in [0.2, 0.25) is 5.91 Å². The van der Waals surface area contributed by atoms with Crippen molar-refractivity contribution in [3.8, 4) is 0 Å². The van der Waals surface area contributed by atoms with Crippen LogP contribution in [-0.2, 0) is 26.8 Å². The van der Waals surface area contributed by atoms with Crippen LogP contribution in [0.5, 0.6) is 0 Å². The number of hydrogen-bond donors (Lipinski definition) is 3. The number of aliphatic carboxylic acids is 1. The maximum absolute atomic E-state index is 13.0. The van der Waals surface area contributed by atoms with Crippen LogP contribution in [0.2, 0.25) is 10.0 Å². The first-order chi connectivity index (χ1) is 14.9. The van der Waals surface area contributed by atoms with E-state index in [1.165, 1.54) is 0 Å². The number of carboxylic acids is 1. The Balaban J connectivity index is 1.83. The smallest absolute Gasteiger partial charge is 0.303 e. The van der Waals surface area contributed by atoms with Crippen LogP contribution < -0.4 is 10.0 Å². The predicted molar refractivity (Wildman–Crippen MR) is 119 cm³/mol. The second-order valence-corrected chi connectivity index (χ2v) is 10.1. The van der Waals surface area contributed by atoms with Crippen molar-refractivity contribution in [2.75, 3.05) is 13.1 Å². The lowest BCUT2D eigenvalue weighted by Gasteiger charge is -2.37. The molecule has 2 aromatic rings. The van der Waals surface area contributed by atoms with E-state index in [1.54, 1.807) is 29.8 Å². The molecule has 3 rings (SSSR count). The molecular weight excluding hydrogens is 483 g/mol. The largest absolute Gasteiger partial charge is 0.481 e. The van der Waals surface area contributed by atoms with Gasteiger partial charge in [0.05, 0.1) is 16.5 Å². The van der Waals surface area contributed by atoms with Crippen molar-refractivity contribution < 1.29 is 27.9 Å². The molecule has 1 aliphatic heterocycles. The van der Waals surface area contributed by atoms with Gasteiger partial charge < -0.3 is 15.0 Å². The molecule has 1 aliphatic rings. The lowest BCUT2D eigenvalue weighted by Crippen LogP contribution is -2.55. The minimum absolute atomic E-state index is 0.0141. The Bertz CT molecular complexity index is 1200. The van der Waals surface area contributed by atoms with Gasteiger partial charge in [0.25, 0.3) is 5.91 Å². The molecule has 0 saturated carbocycles. The van der Waals surface area contributed by atoms with Crippen LogP contribution in [-0.4, -0.2) is 59.3 Å². The fourth-order valence-corrected chi connectivity index (χ4v) is 5.50. The SMILES string of the molecule is CC(=O)NS(=O)(=O)N1CCC(NC(=O)c2cc3c(Cl)c(Cl)ccc3n2C)C(CC(=O)O)C1. The number of amides is 2. The van der Waals surface area contributed by atoms with Crippen LogP contribution in [0.4, 0.5) is 0 Å². The Morgan fingerprint density at radius 3 is 2.56 bits per heavy atom. The van der Waals surface area contributed by atoms with Gasteiger partial charge in [-0.3, -0.25) is 14.4 Å². The van der Waals surface area contributed by atoms with Crippen molar-refractivity contribution in [1.82, 2.24) is 18.9 Å². The van der Waals surface area contributed by atoms with Crippen LogP contribution in [0.3, 0.4) is 0 Å². The summed E-state index contributed by atoms with van der Waals surface area (Å²) in [5, 5.41) is 13.4. The Labute approximate surface area is 194 Å². The highest BCUT2D eigenvalue weighted by Crippen LogP contribution is 2.32. The van der Waals surface area contributed by atoms with E-state index in [4.69, 9.17) is 23.2 Å². The van der Waals surface area contributed by atoms with Crippen LogP contribution in [0.25, 0.3) is 10.9 Å². The summed E-state index contributed by atoms with van der Waals surface area (Å²) in [5.74, 6) is -3.01. The zero-order valence-corrected chi connectivity index (χ0v) is 19.6. The van der Waals surface area contributed by atoms with Crippen molar-refractivity contribution in [2.24, 2.45) is 13.0 Å². The molecule has 3 N–H and O–H groups in total. The van der Waals surface area contributed by atoms with Gasteiger partial charge in [0, 0.05) is 49.9 Å². The number of nitrogens with one attached hydrogen (secondary N) is 2. The van der Waals surface area contributed by atoms with Gasteiger partial charge in [-0.2, -0.15) is 12.7 Å². The monoisotopic (exact) mass is 504 g/mol. The molecule has 0 radical (unpaired) electrons. The van der Waals surface area contributed by atoms with Crippen LogP contribution in [0, 0.1) is 5.92 Å². The number of rotatable bonds is 6. The van der Waals surface area contributed by atoms with Crippen molar-refractivity contribution in [2.45, 2.75) is 25.8 Å². The van der Waals surface area contributed by atoms with Gasteiger partial charge in [-0.25, -0.2) is 4.72 Å². The topological polar surface area (TPSA) is 138 Å². The molecule has 2 unspecified atom stereocenters. The van der Waals surface area contributed by atoms with E-state index in [2.05, 4.69) is 5.32 Å². The van der Waals surface area contributed by atoms with Crippen molar-refractivity contribution in [3.05, 3.63) is 33.9 Å². The predicted octanol–water partition coefficient (Wildman–Crippen LogP) is 1.76. The fraction of sp³-hybridized carbons (Fsp3) is 0.421. The molecule has 0 spiro atoms. The lowest BCUT2D eigenvalue weighted by atomic mass is 9.90. The van der Waals surface area contributed by atoms with E-state index in [0.29, 0.717) is 26.6 Å². The summed E-state index contributed by atoms with van der Waals surface area (Å²) >= 11 is 12.3. The number of benzene rings is 1. The molecular formula is C19H22Cl2N4O6S. The minimum Gasteiger partial charge on any atom is -0.481 e. The number of hydrogen-bond acceptors (Lipinski definition) is 5. The average molecular weight is 505 g/mol. The van der Waals surface area contributed by atoms with E-state index in [-0.39, 0.29) is 25.9 Å². The van der Waals surface area contributed by atoms with Gasteiger partial charge in [0.15, 0.2) is 0 Å². The third-order valence-electron chi connectivity index (χ3n) is 5.41. The highest BCUT2D eigenvalue weighted by atomic mass is 35.5. The molecule has 1 fully saturated rings. The maximum Gasteiger partial charge on any atom is 0.303 e. The molecule has 10 nitrogen and oxygen atoms in total. The molecule has 13 heteroatoms. The first-order valence-corrected chi connectivity index (χ1v) is 11.8. The second-order valence-electron chi connectivity index (χ2n) is 7.63. The number of fused-ring (bicyclic) bond motifs is 1. The molecule has 1 aromatic carbocycles. The number of carboxylic acid groups (broad SMARTS) is 1. The Morgan fingerprint density at radius 1 is 1.25 bits per heavy atom. The van der Waals surface area contributed by atoms with Crippen molar-refractivity contribution in [3.63, 3.8) is 0 Å². The Kier molecular flexibility index (Phi) is 7.03. The molecule has 2 amide bonds. The van der Waals surface area contributed by atoms with Crippen molar-refractivity contribution >= 4 is 62.1 Å². The first kappa shape index (κ1) is 24.3. The average Bonchev–Trinajstić information content (AvgIpc) is 3.02. The Hall–Kier alpha value is -2.34. The fourth-order valence-electron chi connectivity index (χ4n) is 3.89. The number of nitrogens with zero attached hydrogens (tertiary/aromatic N) is 2. The highest BCUT2D eigenvalue weighted by molar-refractivity contribution is 7.87. The van der Waals surface area contributed by atoms with Gasteiger partial charge in [-0.15, -0.1) is 0 Å². The first-order valence-electron chi connectivity index (χ1n) is 9.65. The summed E-state index contributed by atoms with van der Waals surface area (Å²) in [7, 11) is -2.40. The maximum atomic E-state index is 13.0. The van der Waals surface area contributed by atoms with Gasteiger partial charge in [-0.05, 0) is 24.6 Å². The summed E-state index contributed by atoms with van der Waals surface area (Å²) in [6.45, 7) is 0.930. The summed E-state index contributed by atoms with van der Waals surface area (Å²) in [5.41, 5.74) is 0.995. The number of carbonyl (C=O) groups is 3. The van der Waals surface area contributed by atoms with Gasteiger partial charge in [-0.1, -0.05) is 23.2 Å². The molecule has 1 aromatic heterocycles. The number of halogens is 2. The minimum atomic E-state index is -4.09. The summed E-state index contributed by atoms with van der Waals surface area (Å²) in [6, 6.07) is 4.38. The zero-order valence-electron chi connectivity index (χ0n) is 17.3. The normalized spacial score (nSPS) is 19.6. The molecule has 0 aliphatic carbocycles. The molecule has 174 valence electrons. The number of aryl methyl sites for hydroxylation is 1. The van der Waals surface area contributed by atoms with E-state index in [1.807, 2.05) is 4.72 Å². The highest BCUT2D eigenvalue weighted by Gasteiger charge is 2.37. The molecule has 0 bridgehead atoms. The van der Waals surface area contributed by atoms with Gasteiger partial charge in [0.1, 0.15) is 5.69 Å². The van der Waals surface area contributed by atoms with E-state index in [9.17, 15) is 27.9 Å². The zero-order chi connectivity index (χ0) is 23.8. The molecule has 32 heavy (non-hydrogen) atoms. The molecule has 2 atom stereocenters. The van der Waals surface area contributed by atoms with E-state index >= 15 is 0 Å². The van der Waals surface area contributed by atoms with E-state index < -0.39 is 40.0 Å². The van der Waals surface area contributed by atoms with Crippen LogP contribution in [0.1, 0.15) is 30.3 Å². The summed E-state index contributed by atoms with van der Waals surface area (Å²) in [6.07, 6.45) is -0.174. The molecule has 2 heterocycles.